The van der Waals surface area contributed by atoms with Gasteiger partial charge in [0, 0.05) is 24.0 Å². The van der Waals surface area contributed by atoms with E-state index in [1.165, 1.54) is 29.2 Å². The van der Waals surface area contributed by atoms with Crippen LogP contribution in [0.5, 0.6) is 0 Å². The molecule has 2 amide bonds. The minimum Gasteiger partial charge on any atom is -0.352 e. The number of rotatable bonds is 12. The van der Waals surface area contributed by atoms with Gasteiger partial charge in [-0.15, -0.1) is 0 Å². The molecule has 0 aliphatic rings. The Bertz CT molecular complexity index is 1750. The number of hydrogen-bond acceptors (Lipinski definition) is 4. The zero-order valence-electron chi connectivity index (χ0n) is 25.1. The van der Waals surface area contributed by atoms with Gasteiger partial charge < -0.3 is 10.2 Å². The minimum absolute atomic E-state index is 0.0264. The molecule has 45 heavy (non-hydrogen) atoms. The molecule has 0 saturated heterocycles. The van der Waals surface area contributed by atoms with E-state index in [1.54, 1.807) is 49.4 Å². The number of hydrogen-bond donors (Lipinski definition) is 1. The molecule has 0 saturated carbocycles. The molecule has 4 rings (SSSR count). The lowest BCUT2D eigenvalue weighted by Crippen LogP contribution is -2.54. The van der Waals surface area contributed by atoms with Crippen LogP contribution in [0.15, 0.2) is 102 Å². The van der Waals surface area contributed by atoms with Crippen molar-refractivity contribution in [3.8, 4) is 0 Å². The van der Waals surface area contributed by atoms with Crippen molar-refractivity contribution in [1.82, 2.24) is 10.2 Å². The molecule has 11 heteroatoms. The van der Waals surface area contributed by atoms with Crippen molar-refractivity contribution in [1.29, 1.82) is 0 Å². The fraction of sp³-hybridized carbons (Fsp3) is 0.235. The van der Waals surface area contributed by atoms with Crippen LogP contribution in [0.25, 0.3) is 0 Å². The van der Waals surface area contributed by atoms with Crippen LogP contribution in [-0.2, 0) is 32.6 Å². The van der Waals surface area contributed by atoms with Gasteiger partial charge in [-0.05, 0) is 79.9 Å². The number of para-hydroxylation sites is 1. The van der Waals surface area contributed by atoms with E-state index < -0.39 is 28.5 Å². The molecule has 0 aliphatic heterocycles. The van der Waals surface area contributed by atoms with Gasteiger partial charge >= 0.3 is 0 Å². The molecule has 1 N–H and O–H groups in total. The van der Waals surface area contributed by atoms with Gasteiger partial charge in [-0.1, -0.05) is 89.4 Å². The van der Waals surface area contributed by atoms with E-state index in [2.05, 4.69) is 5.32 Å². The second-order valence-corrected chi connectivity index (χ2v) is 14.0. The van der Waals surface area contributed by atoms with E-state index in [9.17, 15) is 18.0 Å². The Labute approximate surface area is 279 Å². The highest BCUT2D eigenvalue weighted by molar-refractivity contribution is 7.92. The van der Waals surface area contributed by atoms with Gasteiger partial charge in [0.15, 0.2) is 0 Å². The lowest BCUT2D eigenvalue weighted by atomic mass is 10.0. The normalized spacial score (nSPS) is 12.1. The molecule has 0 fully saturated rings. The average molecular weight is 687 g/mol. The molecule has 0 bridgehead atoms. The number of carbonyl (C=O) groups excluding carboxylic acids is 2. The summed E-state index contributed by atoms with van der Waals surface area (Å²) >= 11 is 18.5. The van der Waals surface area contributed by atoms with Gasteiger partial charge in [0.25, 0.3) is 10.0 Å². The van der Waals surface area contributed by atoms with E-state index in [1.807, 2.05) is 44.2 Å². The van der Waals surface area contributed by atoms with Crippen molar-refractivity contribution < 1.29 is 18.0 Å². The van der Waals surface area contributed by atoms with Crippen LogP contribution in [0.1, 0.15) is 30.5 Å². The zero-order valence-corrected chi connectivity index (χ0v) is 28.2. The molecule has 0 spiro atoms. The summed E-state index contributed by atoms with van der Waals surface area (Å²) < 4.78 is 29.4. The molecule has 7 nitrogen and oxygen atoms in total. The summed E-state index contributed by atoms with van der Waals surface area (Å²) in [4.78, 5) is 29.7. The lowest BCUT2D eigenvalue weighted by Gasteiger charge is -2.34. The Kier molecular flexibility index (Phi) is 11.6. The molecule has 0 aromatic heterocycles. The number of amides is 2. The number of nitrogens with zero attached hydrogens (tertiary/aromatic N) is 2. The van der Waals surface area contributed by atoms with E-state index in [0.717, 1.165) is 9.87 Å². The molecular weight excluding hydrogens is 653 g/mol. The second-order valence-electron chi connectivity index (χ2n) is 10.9. The largest absolute Gasteiger partial charge is 0.352 e. The van der Waals surface area contributed by atoms with Crippen molar-refractivity contribution in [3.05, 3.63) is 129 Å². The van der Waals surface area contributed by atoms with Crippen molar-refractivity contribution in [2.75, 3.05) is 10.8 Å². The molecule has 0 heterocycles. The number of sulfonamides is 1. The SMILES string of the molecule is Cc1ccccc1N(CC(=O)N(Cc1ccc(Cl)c(Cl)c1)C(Cc1ccccc1)C(=O)NC(C)C)S(=O)(=O)c1ccc(Cl)cc1. The van der Waals surface area contributed by atoms with Crippen LogP contribution in [0.4, 0.5) is 5.69 Å². The van der Waals surface area contributed by atoms with Crippen LogP contribution in [0.2, 0.25) is 15.1 Å². The van der Waals surface area contributed by atoms with Gasteiger partial charge in [0.05, 0.1) is 20.6 Å². The van der Waals surface area contributed by atoms with Gasteiger partial charge in [0.2, 0.25) is 11.8 Å². The Morgan fingerprint density at radius 3 is 2.07 bits per heavy atom. The highest BCUT2D eigenvalue weighted by atomic mass is 35.5. The maximum Gasteiger partial charge on any atom is 0.264 e. The fourth-order valence-electron chi connectivity index (χ4n) is 4.86. The maximum atomic E-state index is 14.5. The number of aryl methyl sites for hydroxylation is 1. The number of nitrogens with one attached hydrogen (secondary N) is 1. The van der Waals surface area contributed by atoms with Crippen LogP contribution in [0.3, 0.4) is 0 Å². The Morgan fingerprint density at radius 1 is 0.800 bits per heavy atom. The van der Waals surface area contributed by atoms with Crippen LogP contribution < -0.4 is 9.62 Å². The summed E-state index contributed by atoms with van der Waals surface area (Å²) in [6, 6.07) is 25.8. The topological polar surface area (TPSA) is 86.8 Å². The Hall–Kier alpha value is -3.56. The van der Waals surface area contributed by atoms with E-state index in [-0.39, 0.29) is 29.8 Å². The third-order valence-electron chi connectivity index (χ3n) is 7.10. The fourth-order valence-corrected chi connectivity index (χ4v) is 6.79. The number of anilines is 1. The first-order chi connectivity index (χ1) is 21.4. The molecular formula is C34H34Cl3N3O4S. The third-order valence-corrected chi connectivity index (χ3v) is 9.87. The summed E-state index contributed by atoms with van der Waals surface area (Å²) in [6.45, 7) is 4.84. The highest BCUT2D eigenvalue weighted by Gasteiger charge is 2.35. The van der Waals surface area contributed by atoms with E-state index in [0.29, 0.717) is 31.9 Å². The van der Waals surface area contributed by atoms with Crippen LogP contribution in [-0.4, -0.2) is 43.8 Å². The number of benzene rings is 4. The highest BCUT2D eigenvalue weighted by Crippen LogP contribution is 2.29. The molecule has 4 aromatic rings. The average Bonchev–Trinajstić information content (AvgIpc) is 3.00. The Balaban J connectivity index is 1.83. The van der Waals surface area contributed by atoms with Crippen molar-refractivity contribution in [2.24, 2.45) is 0 Å². The van der Waals surface area contributed by atoms with Crippen molar-refractivity contribution >= 4 is 62.3 Å². The summed E-state index contributed by atoms with van der Waals surface area (Å²) in [6.07, 6.45) is 0.195. The molecule has 0 aliphatic carbocycles. The van der Waals surface area contributed by atoms with Gasteiger partial charge in [0.1, 0.15) is 12.6 Å². The van der Waals surface area contributed by atoms with Crippen molar-refractivity contribution in [2.45, 2.75) is 50.7 Å². The van der Waals surface area contributed by atoms with Crippen molar-refractivity contribution in [3.63, 3.8) is 0 Å². The predicted octanol–water partition coefficient (Wildman–Crippen LogP) is 7.32. The smallest absolute Gasteiger partial charge is 0.264 e. The van der Waals surface area contributed by atoms with E-state index in [4.69, 9.17) is 34.8 Å². The molecule has 0 radical (unpaired) electrons. The monoisotopic (exact) mass is 685 g/mol. The molecule has 236 valence electrons. The Morgan fingerprint density at radius 2 is 1.44 bits per heavy atom. The van der Waals surface area contributed by atoms with Gasteiger partial charge in [-0.25, -0.2) is 8.42 Å². The summed E-state index contributed by atoms with van der Waals surface area (Å²) in [5.74, 6) is -0.952. The summed E-state index contributed by atoms with van der Waals surface area (Å²) in [5, 5.41) is 3.95. The third kappa shape index (κ3) is 8.79. The van der Waals surface area contributed by atoms with Crippen LogP contribution >= 0.6 is 34.8 Å². The first kappa shape index (κ1) is 34.3. The van der Waals surface area contributed by atoms with E-state index >= 15 is 0 Å². The first-order valence-corrected chi connectivity index (χ1v) is 16.9. The van der Waals surface area contributed by atoms with Gasteiger partial charge in [-0.2, -0.15) is 0 Å². The predicted molar refractivity (Wildman–Crippen MR) is 181 cm³/mol. The van der Waals surface area contributed by atoms with Gasteiger partial charge in [-0.3, -0.25) is 13.9 Å². The zero-order chi connectivity index (χ0) is 32.7. The lowest BCUT2D eigenvalue weighted by molar-refractivity contribution is -0.140. The number of halogens is 3. The summed E-state index contributed by atoms with van der Waals surface area (Å²) in [5.41, 5.74) is 2.44. The molecule has 1 atom stereocenters. The molecule has 1 unspecified atom stereocenters. The van der Waals surface area contributed by atoms with Crippen LogP contribution in [0, 0.1) is 6.92 Å². The second kappa shape index (κ2) is 15.1. The molecule has 4 aromatic carbocycles. The number of carbonyl (C=O) groups is 2. The quantitative estimate of drug-likeness (QED) is 0.169. The maximum absolute atomic E-state index is 14.5. The standard InChI is InChI=1S/C34H34Cl3N3O4S/c1-23(2)38-34(42)32(20-25-10-5-4-6-11-25)39(21-26-13-18-29(36)30(37)19-26)33(41)22-40(31-12-8-7-9-24(31)3)45(43,44)28-16-14-27(35)15-17-28/h4-19,23,32H,20-22H2,1-3H3,(H,38,42). The minimum atomic E-state index is -4.24. The summed E-state index contributed by atoms with van der Waals surface area (Å²) in [7, 11) is -4.24. The first-order valence-electron chi connectivity index (χ1n) is 14.3.